The molecule has 2 aliphatic rings. The number of Topliss-reactive ketones (excluding diaryl/α,β-unsaturated/α-hetero) is 1. The van der Waals surface area contributed by atoms with Crippen LogP contribution in [0.25, 0.3) is 0 Å². The van der Waals surface area contributed by atoms with Crippen molar-refractivity contribution in [1.82, 2.24) is 0 Å². The lowest BCUT2D eigenvalue weighted by Crippen LogP contribution is -2.28. The third-order valence-corrected chi connectivity index (χ3v) is 4.23. The van der Waals surface area contributed by atoms with Gasteiger partial charge in [-0.3, -0.25) is 4.79 Å². The largest absolute Gasteiger partial charge is 0.399 e. The lowest BCUT2D eigenvalue weighted by atomic mass is 9.72. The highest BCUT2D eigenvalue weighted by molar-refractivity contribution is 5.79. The maximum Gasteiger partial charge on any atom is 0.132 e. The average Bonchev–Trinajstić information content (AvgIpc) is 2.60. The zero-order valence-electron chi connectivity index (χ0n) is 9.46. The van der Waals surface area contributed by atoms with Crippen molar-refractivity contribution in [3.63, 3.8) is 0 Å². The zero-order chi connectivity index (χ0) is 11.2. The van der Waals surface area contributed by atoms with Crippen LogP contribution in [-0.4, -0.2) is 5.78 Å². The summed E-state index contributed by atoms with van der Waals surface area (Å²) in [5.41, 5.74) is 9.92. The summed E-state index contributed by atoms with van der Waals surface area (Å²) < 4.78 is 0. The average molecular weight is 215 g/mol. The molecule has 84 valence electrons. The van der Waals surface area contributed by atoms with Crippen molar-refractivity contribution < 1.29 is 4.79 Å². The van der Waals surface area contributed by atoms with Gasteiger partial charge < -0.3 is 5.73 Å². The lowest BCUT2D eigenvalue weighted by Gasteiger charge is -2.32. The highest BCUT2D eigenvalue weighted by Crippen LogP contribution is 2.46. The number of benzene rings is 1. The van der Waals surface area contributed by atoms with E-state index in [1.54, 1.807) is 0 Å². The molecule has 1 saturated carbocycles. The topological polar surface area (TPSA) is 43.1 Å². The molecule has 0 atom stereocenters. The Labute approximate surface area is 95.8 Å². The van der Waals surface area contributed by atoms with E-state index >= 15 is 0 Å². The molecule has 0 unspecified atom stereocenters. The number of fused-ring (bicyclic) bond motifs is 1. The second-order valence-electron chi connectivity index (χ2n) is 5.42. The van der Waals surface area contributed by atoms with Crippen LogP contribution in [0.2, 0.25) is 0 Å². The van der Waals surface area contributed by atoms with Gasteiger partial charge in [0.2, 0.25) is 0 Å². The van der Waals surface area contributed by atoms with E-state index in [4.69, 9.17) is 5.73 Å². The van der Waals surface area contributed by atoms with Gasteiger partial charge >= 0.3 is 0 Å². The molecule has 3 rings (SSSR count). The van der Waals surface area contributed by atoms with Crippen molar-refractivity contribution in [1.29, 1.82) is 0 Å². The molecule has 0 bridgehead atoms. The normalized spacial score (nSPS) is 22.4. The smallest absolute Gasteiger partial charge is 0.132 e. The molecule has 0 heterocycles. The molecule has 2 aliphatic carbocycles. The molecule has 0 aliphatic heterocycles. The summed E-state index contributed by atoms with van der Waals surface area (Å²) in [6.45, 7) is 0. The van der Waals surface area contributed by atoms with Gasteiger partial charge in [0, 0.05) is 18.5 Å². The summed E-state index contributed by atoms with van der Waals surface area (Å²) >= 11 is 0. The highest BCUT2D eigenvalue weighted by Gasteiger charge is 2.39. The van der Waals surface area contributed by atoms with Crippen molar-refractivity contribution in [3.05, 3.63) is 29.3 Å². The molecule has 0 amide bonds. The van der Waals surface area contributed by atoms with E-state index in [1.807, 2.05) is 6.07 Å². The van der Waals surface area contributed by atoms with Crippen LogP contribution in [0.4, 0.5) is 5.69 Å². The number of carbonyl (C=O) groups is 1. The van der Waals surface area contributed by atoms with Gasteiger partial charge in [-0.05, 0) is 54.4 Å². The van der Waals surface area contributed by atoms with Crippen molar-refractivity contribution in [2.75, 3.05) is 5.73 Å². The molecule has 2 nitrogen and oxygen atoms in total. The number of nitrogens with two attached hydrogens (primary N) is 1. The van der Waals surface area contributed by atoms with Gasteiger partial charge in [0.1, 0.15) is 5.78 Å². The van der Waals surface area contributed by atoms with Gasteiger partial charge in [-0.2, -0.15) is 0 Å². The van der Waals surface area contributed by atoms with E-state index in [9.17, 15) is 4.79 Å². The quantitative estimate of drug-likeness (QED) is 0.676. The maximum absolute atomic E-state index is 11.3. The zero-order valence-corrected chi connectivity index (χ0v) is 9.46. The number of hydrogen-bond donors (Lipinski definition) is 1. The molecule has 16 heavy (non-hydrogen) atoms. The Morgan fingerprint density at radius 2 is 1.75 bits per heavy atom. The molecule has 1 aromatic rings. The maximum atomic E-state index is 11.3. The van der Waals surface area contributed by atoms with Crippen molar-refractivity contribution in [2.24, 2.45) is 5.41 Å². The van der Waals surface area contributed by atoms with Gasteiger partial charge in [0.25, 0.3) is 0 Å². The van der Waals surface area contributed by atoms with E-state index in [2.05, 4.69) is 12.1 Å². The number of anilines is 1. The molecule has 0 radical (unpaired) electrons. The molecule has 2 heteroatoms. The standard InChI is InChI=1S/C14H17NO/c15-12-2-1-10-8-14(9-11(10)7-12)5-3-13(16)4-6-14/h1-2,7H,3-6,8-9,15H2. The molecule has 1 aromatic carbocycles. The van der Waals surface area contributed by atoms with Crippen LogP contribution in [0.3, 0.4) is 0 Å². The van der Waals surface area contributed by atoms with Crippen LogP contribution < -0.4 is 5.73 Å². The van der Waals surface area contributed by atoms with Gasteiger partial charge in [-0.15, -0.1) is 0 Å². The first-order valence-electron chi connectivity index (χ1n) is 6.06. The number of carbonyl (C=O) groups excluding carboxylic acids is 1. The summed E-state index contributed by atoms with van der Waals surface area (Å²) in [6.07, 6.45) is 5.98. The molecule has 2 N–H and O–H groups in total. The van der Waals surface area contributed by atoms with E-state index in [1.165, 1.54) is 11.1 Å². The first-order valence-corrected chi connectivity index (χ1v) is 6.06. The summed E-state index contributed by atoms with van der Waals surface area (Å²) in [4.78, 5) is 11.3. The Hall–Kier alpha value is -1.31. The minimum atomic E-state index is 0.379. The van der Waals surface area contributed by atoms with Crippen molar-refractivity contribution in [3.8, 4) is 0 Å². The first-order chi connectivity index (χ1) is 7.67. The fraction of sp³-hybridized carbons (Fsp3) is 0.500. The van der Waals surface area contributed by atoms with Crippen LogP contribution >= 0.6 is 0 Å². The van der Waals surface area contributed by atoms with Crippen LogP contribution in [0.5, 0.6) is 0 Å². The summed E-state index contributed by atoms with van der Waals surface area (Å²) in [7, 11) is 0. The SMILES string of the molecule is Nc1ccc2c(c1)CC1(CCC(=O)CC1)C2. The molecule has 0 aromatic heterocycles. The molecule has 0 saturated heterocycles. The third-order valence-electron chi connectivity index (χ3n) is 4.23. The Morgan fingerprint density at radius 3 is 2.50 bits per heavy atom. The number of ketones is 1. The Kier molecular flexibility index (Phi) is 2.06. The number of hydrogen-bond acceptors (Lipinski definition) is 2. The predicted molar refractivity (Wildman–Crippen MR) is 64.2 cm³/mol. The minimum Gasteiger partial charge on any atom is -0.399 e. The summed E-state index contributed by atoms with van der Waals surface area (Å²) in [5, 5.41) is 0. The molecular formula is C14H17NO. The highest BCUT2D eigenvalue weighted by atomic mass is 16.1. The van der Waals surface area contributed by atoms with Gasteiger partial charge in [0.05, 0.1) is 0 Å². The number of nitrogen functional groups attached to an aromatic ring is 1. The van der Waals surface area contributed by atoms with Crippen LogP contribution in [-0.2, 0) is 17.6 Å². The van der Waals surface area contributed by atoms with E-state index < -0.39 is 0 Å². The van der Waals surface area contributed by atoms with Gasteiger partial charge in [-0.25, -0.2) is 0 Å². The minimum absolute atomic E-state index is 0.379. The fourth-order valence-electron chi connectivity index (χ4n) is 3.27. The van der Waals surface area contributed by atoms with Crippen molar-refractivity contribution >= 4 is 11.5 Å². The van der Waals surface area contributed by atoms with Gasteiger partial charge in [0.15, 0.2) is 0 Å². The fourth-order valence-corrected chi connectivity index (χ4v) is 3.27. The Balaban J connectivity index is 1.87. The van der Waals surface area contributed by atoms with E-state index in [-0.39, 0.29) is 0 Å². The molecule has 1 fully saturated rings. The van der Waals surface area contributed by atoms with Crippen molar-refractivity contribution in [2.45, 2.75) is 38.5 Å². The lowest BCUT2D eigenvalue weighted by molar-refractivity contribution is -0.122. The van der Waals surface area contributed by atoms with E-state index in [0.717, 1.165) is 44.2 Å². The van der Waals surface area contributed by atoms with E-state index in [0.29, 0.717) is 11.2 Å². The second kappa shape index (κ2) is 3.34. The Bertz CT molecular complexity index is 440. The van der Waals surface area contributed by atoms with Crippen LogP contribution in [0.15, 0.2) is 18.2 Å². The summed E-state index contributed by atoms with van der Waals surface area (Å²) in [6, 6.07) is 6.27. The molecule has 1 spiro atoms. The second-order valence-corrected chi connectivity index (χ2v) is 5.42. The van der Waals surface area contributed by atoms with Gasteiger partial charge in [-0.1, -0.05) is 6.07 Å². The number of rotatable bonds is 0. The first kappa shape index (κ1) is 9.88. The van der Waals surface area contributed by atoms with Crippen LogP contribution in [0, 0.1) is 5.41 Å². The monoisotopic (exact) mass is 215 g/mol. The molecular weight excluding hydrogens is 198 g/mol. The van der Waals surface area contributed by atoms with Crippen LogP contribution in [0.1, 0.15) is 36.8 Å². The predicted octanol–water partition coefficient (Wildman–Crippen LogP) is 2.50. The summed E-state index contributed by atoms with van der Waals surface area (Å²) in [5.74, 6) is 0.445. The Morgan fingerprint density at radius 1 is 1.06 bits per heavy atom. The third kappa shape index (κ3) is 1.53.